The number of hydrogen-bond acceptors (Lipinski definition) is 6. The maximum absolute atomic E-state index is 11.5. The van der Waals surface area contributed by atoms with E-state index in [2.05, 4.69) is 19.8 Å². The van der Waals surface area contributed by atoms with Gasteiger partial charge in [0.2, 0.25) is 0 Å². The van der Waals surface area contributed by atoms with Gasteiger partial charge in [0.05, 0.1) is 11.3 Å². The van der Waals surface area contributed by atoms with Gasteiger partial charge in [0, 0.05) is 20.0 Å². The Kier molecular flexibility index (Phi) is 3.71. The molecule has 2 aromatic rings. The van der Waals surface area contributed by atoms with Gasteiger partial charge in [-0.05, 0) is 25.4 Å². The zero-order valence-corrected chi connectivity index (χ0v) is 11.4. The van der Waals surface area contributed by atoms with Crippen LogP contribution in [-0.4, -0.2) is 31.5 Å². The number of aromatic nitrogens is 4. The number of nitrogens with zero attached hydrogens (tertiary/aromatic N) is 4. The van der Waals surface area contributed by atoms with Crippen molar-refractivity contribution in [3.05, 3.63) is 23.4 Å². The van der Waals surface area contributed by atoms with Crippen LogP contribution in [0.4, 0.5) is 5.00 Å². The molecule has 2 heterocycles. The van der Waals surface area contributed by atoms with E-state index >= 15 is 0 Å². The van der Waals surface area contributed by atoms with Crippen LogP contribution in [-0.2, 0) is 13.5 Å². The summed E-state index contributed by atoms with van der Waals surface area (Å²) in [4.78, 5) is 15.6. The molecular formula is C11H15N5OS. The van der Waals surface area contributed by atoms with E-state index in [-0.39, 0.29) is 5.78 Å². The van der Waals surface area contributed by atoms with Crippen LogP contribution in [0.3, 0.4) is 0 Å². The monoisotopic (exact) mass is 265 g/mol. The zero-order chi connectivity index (χ0) is 13.1. The normalized spacial score (nSPS) is 10.6. The largest absolute Gasteiger partial charge is 0.375 e. The van der Waals surface area contributed by atoms with E-state index < -0.39 is 0 Å². The molecule has 0 aromatic carbocycles. The molecule has 18 heavy (non-hydrogen) atoms. The van der Waals surface area contributed by atoms with Crippen LogP contribution in [0.5, 0.6) is 0 Å². The summed E-state index contributed by atoms with van der Waals surface area (Å²) in [6, 6.07) is 0. The summed E-state index contributed by atoms with van der Waals surface area (Å²) in [5, 5.41) is 8.24. The van der Waals surface area contributed by atoms with Crippen molar-refractivity contribution in [2.75, 3.05) is 11.9 Å². The molecule has 0 aliphatic rings. The first-order valence-corrected chi connectivity index (χ1v) is 6.41. The topological polar surface area (TPSA) is 72.7 Å². The smallest absolute Gasteiger partial charge is 0.164 e. The van der Waals surface area contributed by atoms with Crippen molar-refractivity contribution in [1.29, 1.82) is 0 Å². The number of carbonyl (C=O) groups excluding carboxylic acids is 1. The minimum absolute atomic E-state index is 0.0414. The predicted octanol–water partition coefficient (Wildman–Crippen LogP) is 1.44. The van der Waals surface area contributed by atoms with Crippen molar-refractivity contribution in [2.24, 2.45) is 7.05 Å². The molecule has 0 radical (unpaired) electrons. The van der Waals surface area contributed by atoms with E-state index in [1.54, 1.807) is 17.9 Å². The lowest BCUT2D eigenvalue weighted by Crippen LogP contribution is -2.08. The Morgan fingerprint density at radius 3 is 2.94 bits per heavy atom. The Morgan fingerprint density at radius 1 is 1.56 bits per heavy atom. The first-order valence-electron chi connectivity index (χ1n) is 5.63. The minimum atomic E-state index is 0.0414. The number of carbonyl (C=O) groups is 1. The highest BCUT2D eigenvalue weighted by molar-refractivity contribution is 7.10. The van der Waals surface area contributed by atoms with Gasteiger partial charge in [-0.2, -0.15) is 9.47 Å². The molecule has 0 spiro atoms. The lowest BCUT2D eigenvalue weighted by atomic mass is 10.2. The fourth-order valence-electron chi connectivity index (χ4n) is 1.69. The third-order valence-electron chi connectivity index (χ3n) is 2.50. The van der Waals surface area contributed by atoms with Gasteiger partial charge in [0.1, 0.15) is 11.3 Å². The van der Waals surface area contributed by atoms with Crippen LogP contribution < -0.4 is 5.32 Å². The van der Waals surface area contributed by atoms with Crippen molar-refractivity contribution in [1.82, 2.24) is 19.1 Å². The van der Waals surface area contributed by atoms with Gasteiger partial charge < -0.3 is 5.32 Å². The number of aryl methyl sites for hydroxylation is 2. The third kappa shape index (κ3) is 2.73. The number of nitrogens with one attached hydrogen (secondary N) is 1. The van der Waals surface area contributed by atoms with E-state index in [4.69, 9.17) is 0 Å². The van der Waals surface area contributed by atoms with Gasteiger partial charge in [-0.3, -0.25) is 9.48 Å². The van der Waals surface area contributed by atoms with Gasteiger partial charge in [-0.1, -0.05) is 0 Å². The second kappa shape index (κ2) is 5.26. The summed E-state index contributed by atoms with van der Waals surface area (Å²) in [7, 11) is 1.84. The Hall–Kier alpha value is -1.76. The van der Waals surface area contributed by atoms with Crippen LogP contribution in [0.15, 0.2) is 6.33 Å². The van der Waals surface area contributed by atoms with Gasteiger partial charge in [0.15, 0.2) is 11.6 Å². The summed E-state index contributed by atoms with van der Waals surface area (Å²) in [6.45, 7) is 4.09. The summed E-state index contributed by atoms with van der Waals surface area (Å²) in [6.07, 6.45) is 2.39. The van der Waals surface area contributed by atoms with Crippen LogP contribution in [0.25, 0.3) is 0 Å². The summed E-state index contributed by atoms with van der Waals surface area (Å²) in [5.41, 5.74) is 1.47. The molecule has 0 amide bonds. The maximum Gasteiger partial charge on any atom is 0.164 e. The average molecular weight is 265 g/mol. The van der Waals surface area contributed by atoms with Crippen molar-refractivity contribution < 1.29 is 4.79 Å². The Labute approximate surface area is 109 Å². The minimum Gasteiger partial charge on any atom is -0.375 e. The molecule has 0 unspecified atom stereocenters. The Morgan fingerprint density at radius 2 is 2.33 bits per heavy atom. The second-order valence-corrected chi connectivity index (χ2v) is 4.81. The molecule has 0 bridgehead atoms. The lowest BCUT2D eigenvalue weighted by molar-refractivity contribution is 0.101. The molecule has 0 saturated carbocycles. The molecule has 0 fully saturated rings. The van der Waals surface area contributed by atoms with E-state index in [1.807, 2.05) is 14.0 Å². The molecule has 6 nitrogen and oxygen atoms in total. The predicted molar refractivity (Wildman–Crippen MR) is 70.1 cm³/mol. The van der Waals surface area contributed by atoms with Gasteiger partial charge >= 0.3 is 0 Å². The van der Waals surface area contributed by atoms with Crippen LogP contribution in [0, 0.1) is 6.92 Å². The van der Waals surface area contributed by atoms with Crippen molar-refractivity contribution in [3.8, 4) is 0 Å². The van der Waals surface area contributed by atoms with E-state index in [9.17, 15) is 4.79 Å². The average Bonchev–Trinajstić information content (AvgIpc) is 2.86. The standard InChI is InChI=1S/C11H15N5OS/c1-7-10(8(2)17)11(18-15-7)12-5-4-9-13-6-16(3)14-9/h6,12H,4-5H2,1-3H3. The highest BCUT2D eigenvalue weighted by Gasteiger charge is 2.14. The maximum atomic E-state index is 11.5. The Bertz CT molecular complexity index is 560. The molecule has 0 aliphatic heterocycles. The lowest BCUT2D eigenvalue weighted by Gasteiger charge is -2.03. The van der Waals surface area contributed by atoms with Crippen LogP contribution >= 0.6 is 11.5 Å². The van der Waals surface area contributed by atoms with Crippen LogP contribution in [0.1, 0.15) is 28.8 Å². The fraction of sp³-hybridized carbons (Fsp3) is 0.455. The molecule has 1 N–H and O–H groups in total. The summed E-state index contributed by atoms with van der Waals surface area (Å²) < 4.78 is 5.86. The number of Topliss-reactive ketones (excluding diaryl/α,β-unsaturated/α-hetero) is 1. The highest BCUT2D eigenvalue weighted by atomic mass is 32.1. The molecule has 7 heteroatoms. The summed E-state index contributed by atoms with van der Waals surface area (Å²) in [5.74, 6) is 0.829. The molecule has 2 rings (SSSR count). The van der Waals surface area contributed by atoms with Gasteiger partial charge in [-0.15, -0.1) is 0 Å². The number of anilines is 1. The SMILES string of the molecule is CC(=O)c1c(C)nsc1NCCc1ncn(C)n1. The highest BCUT2D eigenvalue weighted by Crippen LogP contribution is 2.24. The van der Waals surface area contributed by atoms with Crippen molar-refractivity contribution in [2.45, 2.75) is 20.3 Å². The first kappa shape index (κ1) is 12.7. The molecule has 0 saturated heterocycles. The van der Waals surface area contributed by atoms with Crippen molar-refractivity contribution in [3.63, 3.8) is 0 Å². The number of rotatable bonds is 5. The quantitative estimate of drug-likeness (QED) is 0.828. The molecule has 0 aliphatic carbocycles. The number of ketones is 1. The number of hydrogen-bond donors (Lipinski definition) is 1. The van der Waals surface area contributed by atoms with E-state index in [0.717, 1.165) is 22.9 Å². The van der Waals surface area contributed by atoms with Crippen LogP contribution in [0.2, 0.25) is 0 Å². The second-order valence-electron chi connectivity index (χ2n) is 4.04. The van der Waals surface area contributed by atoms with Gasteiger partial charge in [0.25, 0.3) is 0 Å². The van der Waals surface area contributed by atoms with E-state index in [0.29, 0.717) is 12.1 Å². The first-order chi connectivity index (χ1) is 8.58. The molecular weight excluding hydrogens is 250 g/mol. The third-order valence-corrected chi connectivity index (χ3v) is 3.39. The molecule has 96 valence electrons. The Balaban J connectivity index is 1.96. The summed E-state index contributed by atoms with van der Waals surface area (Å²) >= 11 is 1.32. The fourth-order valence-corrected chi connectivity index (χ4v) is 2.56. The molecule has 0 atom stereocenters. The van der Waals surface area contributed by atoms with E-state index in [1.165, 1.54) is 11.5 Å². The molecule has 2 aromatic heterocycles. The zero-order valence-electron chi connectivity index (χ0n) is 10.6. The van der Waals surface area contributed by atoms with Crippen molar-refractivity contribution >= 4 is 22.3 Å². The van der Waals surface area contributed by atoms with Gasteiger partial charge in [-0.25, -0.2) is 4.98 Å².